The van der Waals surface area contributed by atoms with Crippen LogP contribution in [-0.4, -0.2) is 53.9 Å². The van der Waals surface area contributed by atoms with Crippen molar-refractivity contribution >= 4 is 23.6 Å². The molecule has 2 aliphatic rings. The molecule has 0 spiro atoms. The molecule has 1 atom stereocenters. The number of nitrogens with zero attached hydrogens (tertiary/aromatic N) is 2. The fourth-order valence-electron chi connectivity index (χ4n) is 5.06. The van der Waals surface area contributed by atoms with E-state index in [1.165, 1.54) is 30.7 Å². The molecule has 3 amide bonds. The van der Waals surface area contributed by atoms with E-state index in [0.717, 1.165) is 31.2 Å². The number of anilines is 1. The molecule has 0 bridgehead atoms. The molecule has 4 rings (SSSR count). The van der Waals surface area contributed by atoms with Gasteiger partial charge in [-0.1, -0.05) is 31.4 Å². The Balaban J connectivity index is 1.52. The predicted octanol–water partition coefficient (Wildman–Crippen LogP) is 5.35. The first-order chi connectivity index (χ1) is 18.1. The van der Waals surface area contributed by atoms with Crippen molar-refractivity contribution in [1.29, 1.82) is 0 Å². The van der Waals surface area contributed by atoms with Gasteiger partial charge in [-0.15, -0.1) is 13.2 Å². The SMILES string of the molecule is O=C(O)CCNC(=O)c1ccc(C2CN(c3ccc(OC(F)(F)F)cc3)C(=O)N2CC2CCCCC2)cc1. The monoisotopic (exact) mass is 533 g/mol. The van der Waals surface area contributed by atoms with Gasteiger partial charge in [-0.05, 0) is 60.7 Å². The topological polar surface area (TPSA) is 99.2 Å². The number of hydrogen-bond donors (Lipinski definition) is 2. The molecule has 2 N–H and O–H groups in total. The summed E-state index contributed by atoms with van der Waals surface area (Å²) in [6.45, 7) is 0.895. The van der Waals surface area contributed by atoms with E-state index in [1.54, 1.807) is 29.2 Å². The number of carboxylic acids is 1. The van der Waals surface area contributed by atoms with Crippen molar-refractivity contribution in [3.63, 3.8) is 0 Å². The molecule has 2 aromatic carbocycles. The van der Waals surface area contributed by atoms with Gasteiger partial charge < -0.3 is 20.1 Å². The lowest BCUT2D eigenvalue weighted by Crippen LogP contribution is -2.36. The number of alkyl halides is 3. The van der Waals surface area contributed by atoms with Gasteiger partial charge in [0, 0.05) is 24.3 Å². The molecule has 2 aromatic rings. The van der Waals surface area contributed by atoms with E-state index in [4.69, 9.17) is 5.11 Å². The van der Waals surface area contributed by atoms with Crippen LogP contribution >= 0.6 is 0 Å². The Labute approximate surface area is 218 Å². The molecule has 0 radical (unpaired) electrons. The van der Waals surface area contributed by atoms with E-state index < -0.39 is 12.3 Å². The predicted molar refractivity (Wildman–Crippen MR) is 133 cm³/mol. The van der Waals surface area contributed by atoms with Crippen LogP contribution in [-0.2, 0) is 4.79 Å². The third-order valence-corrected chi connectivity index (χ3v) is 6.95. The van der Waals surface area contributed by atoms with Crippen LogP contribution in [0, 0.1) is 5.92 Å². The number of rotatable bonds is 9. The van der Waals surface area contributed by atoms with Gasteiger partial charge in [-0.2, -0.15) is 0 Å². The number of nitrogens with one attached hydrogen (secondary N) is 1. The van der Waals surface area contributed by atoms with Gasteiger partial charge >= 0.3 is 18.4 Å². The molecule has 1 aliphatic heterocycles. The first-order valence-electron chi connectivity index (χ1n) is 12.6. The van der Waals surface area contributed by atoms with E-state index >= 15 is 0 Å². The summed E-state index contributed by atoms with van der Waals surface area (Å²) in [5.41, 5.74) is 1.67. The number of urea groups is 1. The second-order valence-corrected chi connectivity index (χ2v) is 9.63. The number of carboxylic acid groups (broad SMARTS) is 1. The summed E-state index contributed by atoms with van der Waals surface area (Å²) in [5, 5.41) is 11.3. The maximum atomic E-state index is 13.6. The Bertz CT molecular complexity index is 1130. The average molecular weight is 534 g/mol. The minimum Gasteiger partial charge on any atom is -0.481 e. The van der Waals surface area contributed by atoms with E-state index in [-0.39, 0.29) is 36.7 Å². The molecule has 8 nitrogen and oxygen atoms in total. The second kappa shape index (κ2) is 11.7. The summed E-state index contributed by atoms with van der Waals surface area (Å²) >= 11 is 0. The average Bonchev–Trinajstić information content (AvgIpc) is 3.20. The first kappa shape index (κ1) is 27.3. The highest BCUT2D eigenvalue weighted by molar-refractivity contribution is 5.95. The molecule has 0 aromatic heterocycles. The Morgan fingerprint density at radius 1 is 1.00 bits per heavy atom. The third-order valence-electron chi connectivity index (χ3n) is 6.95. The van der Waals surface area contributed by atoms with Gasteiger partial charge in [0.15, 0.2) is 0 Å². The first-order valence-corrected chi connectivity index (χ1v) is 12.6. The zero-order valence-corrected chi connectivity index (χ0v) is 20.7. The van der Waals surface area contributed by atoms with Gasteiger partial charge in [-0.3, -0.25) is 14.5 Å². The number of benzene rings is 2. The van der Waals surface area contributed by atoms with Crippen molar-refractivity contribution < 1.29 is 37.4 Å². The van der Waals surface area contributed by atoms with Crippen molar-refractivity contribution in [2.75, 3.05) is 24.5 Å². The number of ether oxygens (including phenoxy) is 1. The Hall–Kier alpha value is -3.76. The molecule has 204 valence electrons. The quantitative estimate of drug-likeness (QED) is 0.453. The number of aliphatic carboxylic acids is 1. The van der Waals surface area contributed by atoms with Crippen molar-refractivity contribution in [1.82, 2.24) is 10.2 Å². The van der Waals surface area contributed by atoms with Crippen LogP contribution in [0.2, 0.25) is 0 Å². The zero-order valence-electron chi connectivity index (χ0n) is 20.7. The van der Waals surface area contributed by atoms with E-state index in [2.05, 4.69) is 10.1 Å². The number of carbonyl (C=O) groups is 3. The summed E-state index contributed by atoms with van der Waals surface area (Å²) in [4.78, 5) is 39.9. The molecule has 1 unspecified atom stereocenters. The second-order valence-electron chi connectivity index (χ2n) is 9.63. The largest absolute Gasteiger partial charge is 0.573 e. The molecule has 1 saturated carbocycles. The number of carbonyl (C=O) groups excluding carboxylic acids is 2. The van der Waals surface area contributed by atoms with Crippen molar-refractivity contribution in [3.8, 4) is 5.75 Å². The minimum absolute atomic E-state index is 0.0178. The molecule has 1 heterocycles. The van der Waals surface area contributed by atoms with Gasteiger partial charge in [0.25, 0.3) is 5.91 Å². The molecule has 38 heavy (non-hydrogen) atoms. The Morgan fingerprint density at radius 2 is 1.66 bits per heavy atom. The molecule has 11 heteroatoms. The van der Waals surface area contributed by atoms with Crippen molar-refractivity contribution in [3.05, 3.63) is 59.7 Å². The number of hydrogen-bond acceptors (Lipinski definition) is 4. The Kier molecular flexibility index (Phi) is 8.43. The Morgan fingerprint density at radius 3 is 2.26 bits per heavy atom. The van der Waals surface area contributed by atoms with Gasteiger partial charge in [0.1, 0.15) is 5.75 Å². The van der Waals surface area contributed by atoms with Gasteiger partial charge in [0.05, 0.1) is 19.0 Å². The van der Waals surface area contributed by atoms with Crippen LogP contribution in [0.1, 0.15) is 60.5 Å². The van der Waals surface area contributed by atoms with Crippen molar-refractivity contribution in [2.24, 2.45) is 5.92 Å². The minimum atomic E-state index is -4.80. The van der Waals surface area contributed by atoms with Crippen LogP contribution in [0.25, 0.3) is 0 Å². The standard InChI is InChI=1S/C27H30F3N3O5/c28-27(29,30)38-22-12-10-21(11-13-22)32-17-23(33(26(32)37)16-18-4-2-1-3-5-18)19-6-8-20(9-7-19)25(36)31-15-14-24(34)35/h6-13,18,23H,1-5,14-17H2,(H,31,36)(H,34,35). The highest BCUT2D eigenvalue weighted by atomic mass is 19.4. The highest BCUT2D eigenvalue weighted by Gasteiger charge is 2.40. The third kappa shape index (κ3) is 6.96. The normalized spacial score (nSPS) is 18.5. The summed E-state index contributed by atoms with van der Waals surface area (Å²) in [7, 11) is 0. The lowest BCUT2D eigenvalue weighted by molar-refractivity contribution is -0.274. The smallest absolute Gasteiger partial charge is 0.481 e. The summed E-state index contributed by atoms with van der Waals surface area (Å²) < 4.78 is 41.6. The maximum Gasteiger partial charge on any atom is 0.573 e. The molecule has 1 saturated heterocycles. The van der Waals surface area contributed by atoms with Crippen LogP contribution in [0.15, 0.2) is 48.5 Å². The highest BCUT2D eigenvalue weighted by Crippen LogP contribution is 2.36. The number of halogens is 3. The van der Waals surface area contributed by atoms with Gasteiger partial charge in [-0.25, -0.2) is 4.79 Å². The van der Waals surface area contributed by atoms with Crippen LogP contribution in [0.3, 0.4) is 0 Å². The molecular formula is C27H30F3N3O5. The fourth-order valence-corrected chi connectivity index (χ4v) is 5.06. The lowest BCUT2D eigenvalue weighted by atomic mass is 9.88. The van der Waals surface area contributed by atoms with E-state index in [0.29, 0.717) is 30.3 Å². The van der Waals surface area contributed by atoms with Crippen LogP contribution < -0.4 is 15.0 Å². The summed E-state index contributed by atoms with van der Waals surface area (Å²) in [6, 6.07) is 11.6. The summed E-state index contributed by atoms with van der Waals surface area (Å²) in [5.74, 6) is -1.38. The molecule has 1 aliphatic carbocycles. The maximum absolute atomic E-state index is 13.6. The lowest BCUT2D eigenvalue weighted by Gasteiger charge is -2.30. The van der Waals surface area contributed by atoms with E-state index in [1.807, 2.05) is 4.90 Å². The van der Waals surface area contributed by atoms with E-state index in [9.17, 15) is 27.6 Å². The fraction of sp³-hybridized carbons (Fsp3) is 0.444. The van der Waals surface area contributed by atoms with Crippen LogP contribution in [0.4, 0.5) is 23.7 Å². The molecular weight excluding hydrogens is 503 g/mol. The van der Waals surface area contributed by atoms with Gasteiger partial charge in [0.2, 0.25) is 0 Å². The number of amides is 3. The summed E-state index contributed by atoms with van der Waals surface area (Å²) in [6.07, 6.45) is 0.517. The van der Waals surface area contributed by atoms with Crippen molar-refractivity contribution in [2.45, 2.75) is 50.9 Å². The molecule has 2 fully saturated rings. The van der Waals surface area contributed by atoms with Crippen LogP contribution in [0.5, 0.6) is 5.75 Å². The zero-order chi connectivity index (χ0) is 27.3.